The first-order valence-corrected chi connectivity index (χ1v) is 9.93. The highest BCUT2D eigenvalue weighted by atomic mass is 19.1. The molecule has 148 valence electrons. The van der Waals surface area contributed by atoms with Crippen molar-refractivity contribution in [3.05, 3.63) is 59.9 Å². The van der Waals surface area contributed by atoms with Crippen LogP contribution >= 0.6 is 0 Å². The fraction of sp³-hybridized carbons (Fsp3) is 0.348. The van der Waals surface area contributed by atoms with Crippen LogP contribution in [0.3, 0.4) is 0 Å². The van der Waals surface area contributed by atoms with Crippen molar-refractivity contribution in [2.75, 3.05) is 11.5 Å². The summed E-state index contributed by atoms with van der Waals surface area (Å²) in [5, 5.41) is 0. The standard InChI is InChI=1S/C23H20FNO4/c24-16-9-7-13(8-10-16)18(26)12-29-19-4-2-1-3-17(19)25-22(27)20-14-5-6-15(11-14)21(20)23(25)28/h1-4,7-10,14-15,20-21H,5-6,11-12H2/t14-,15-,20-,21+/m0/s1. The van der Waals surface area contributed by atoms with Crippen molar-refractivity contribution < 1.29 is 23.5 Å². The molecule has 2 saturated carbocycles. The van der Waals surface area contributed by atoms with Crippen LogP contribution in [-0.2, 0) is 9.59 Å². The smallest absolute Gasteiger partial charge is 0.238 e. The van der Waals surface area contributed by atoms with Crippen LogP contribution in [0.25, 0.3) is 0 Å². The Morgan fingerprint density at radius 3 is 2.24 bits per heavy atom. The minimum atomic E-state index is -0.418. The number of ketones is 1. The third kappa shape index (κ3) is 2.85. The number of imide groups is 1. The monoisotopic (exact) mass is 393 g/mol. The van der Waals surface area contributed by atoms with E-state index in [1.165, 1.54) is 29.2 Å². The summed E-state index contributed by atoms with van der Waals surface area (Å²) in [7, 11) is 0. The Kier molecular flexibility index (Phi) is 4.23. The van der Waals surface area contributed by atoms with Gasteiger partial charge in [-0.2, -0.15) is 0 Å². The Labute approximate surface area is 167 Å². The average molecular weight is 393 g/mol. The molecule has 1 aliphatic heterocycles. The lowest BCUT2D eigenvalue weighted by molar-refractivity contribution is -0.123. The van der Waals surface area contributed by atoms with Gasteiger partial charge in [-0.05, 0) is 67.5 Å². The van der Waals surface area contributed by atoms with E-state index in [0.717, 1.165) is 19.3 Å². The molecule has 2 amide bonds. The van der Waals surface area contributed by atoms with E-state index in [9.17, 15) is 18.8 Å². The summed E-state index contributed by atoms with van der Waals surface area (Å²) < 4.78 is 18.7. The van der Waals surface area contributed by atoms with Gasteiger partial charge in [0.15, 0.2) is 12.4 Å². The molecule has 2 bridgehead atoms. The molecule has 5 rings (SSSR count). The van der Waals surface area contributed by atoms with Crippen LogP contribution in [0.5, 0.6) is 5.75 Å². The van der Waals surface area contributed by atoms with Gasteiger partial charge in [-0.1, -0.05) is 12.1 Å². The summed E-state index contributed by atoms with van der Waals surface area (Å²) in [6.45, 7) is -0.267. The maximum absolute atomic E-state index is 13.1. The van der Waals surface area contributed by atoms with Gasteiger partial charge in [0, 0.05) is 5.56 Å². The summed E-state index contributed by atoms with van der Waals surface area (Å²) >= 11 is 0. The van der Waals surface area contributed by atoms with Crippen LogP contribution in [0.15, 0.2) is 48.5 Å². The van der Waals surface area contributed by atoms with Crippen molar-refractivity contribution in [1.82, 2.24) is 0 Å². The second-order valence-corrected chi connectivity index (χ2v) is 8.08. The molecule has 3 aliphatic rings. The van der Waals surface area contributed by atoms with Crippen molar-refractivity contribution in [2.24, 2.45) is 23.7 Å². The number of rotatable bonds is 5. The lowest BCUT2D eigenvalue weighted by Crippen LogP contribution is -2.33. The Bertz CT molecular complexity index is 974. The SMILES string of the molecule is O=C(COc1ccccc1N1C(=O)[C@@H]2[C@H]3CC[C@@H](C3)[C@@H]2C1=O)c1ccc(F)cc1. The molecule has 0 radical (unpaired) electrons. The predicted molar refractivity (Wildman–Crippen MR) is 103 cm³/mol. The molecule has 0 N–H and O–H groups in total. The number of halogens is 1. The summed E-state index contributed by atoms with van der Waals surface area (Å²) in [5.74, 6) is -0.519. The van der Waals surface area contributed by atoms with Gasteiger partial charge in [0.25, 0.3) is 0 Å². The van der Waals surface area contributed by atoms with Crippen LogP contribution in [-0.4, -0.2) is 24.2 Å². The van der Waals surface area contributed by atoms with Crippen LogP contribution < -0.4 is 9.64 Å². The van der Waals surface area contributed by atoms with Gasteiger partial charge in [0.05, 0.1) is 17.5 Å². The lowest BCUT2D eigenvalue weighted by atomic mass is 9.81. The largest absolute Gasteiger partial charge is 0.483 e. The molecule has 2 aromatic carbocycles. The van der Waals surface area contributed by atoms with Gasteiger partial charge in [-0.3, -0.25) is 14.4 Å². The van der Waals surface area contributed by atoms with Crippen molar-refractivity contribution in [3.63, 3.8) is 0 Å². The number of para-hydroxylation sites is 2. The van der Waals surface area contributed by atoms with Crippen LogP contribution in [0, 0.1) is 29.5 Å². The molecule has 1 heterocycles. The number of carbonyl (C=O) groups is 3. The second kappa shape index (κ2) is 6.79. The Hall–Kier alpha value is -3.02. The first-order valence-electron chi connectivity index (χ1n) is 9.93. The lowest BCUT2D eigenvalue weighted by Gasteiger charge is -2.20. The third-order valence-electron chi connectivity index (χ3n) is 6.56. The van der Waals surface area contributed by atoms with Crippen molar-refractivity contribution in [3.8, 4) is 5.75 Å². The van der Waals surface area contributed by atoms with Crippen LogP contribution in [0.4, 0.5) is 10.1 Å². The highest BCUT2D eigenvalue weighted by Gasteiger charge is 2.61. The molecule has 2 aliphatic carbocycles. The first kappa shape index (κ1) is 18.0. The van der Waals surface area contributed by atoms with Crippen molar-refractivity contribution >= 4 is 23.3 Å². The fourth-order valence-electron chi connectivity index (χ4n) is 5.27. The molecule has 0 unspecified atom stereocenters. The predicted octanol–water partition coefficient (Wildman–Crippen LogP) is 3.62. The van der Waals surface area contributed by atoms with Gasteiger partial charge in [0.1, 0.15) is 11.6 Å². The number of anilines is 1. The number of carbonyl (C=O) groups excluding carboxylic acids is 3. The molecule has 1 saturated heterocycles. The molecule has 0 spiro atoms. The number of benzene rings is 2. The number of amides is 2. The number of ether oxygens (including phenoxy) is 1. The van der Waals surface area contributed by atoms with Gasteiger partial charge in [-0.15, -0.1) is 0 Å². The van der Waals surface area contributed by atoms with Crippen molar-refractivity contribution in [2.45, 2.75) is 19.3 Å². The first-order chi connectivity index (χ1) is 14.0. The number of hydrogen-bond donors (Lipinski definition) is 0. The molecule has 2 aromatic rings. The van der Waals surface area contributed by atoms with Gasteiger partial charge in [0.2, 0.25) is 11.8 Å². The Morgan fingerprint density at radius 2 is 1.59 bits per heavy atom. The van der Waals surface area contributed by atoms with E-state index in [-0.39, 0.29) is 36.0 Å². The van der Waals surface area contributed by atoms with E-state index < -0.39 is 5.82 Å². The molecule has 6 heteroatoms. The number of nitrogens with zero attached hydrogens (tertiary/aromatic N) is 1. The maximum atomic E-state index is 13.1. The van der Waals surface area contributed by atoms with E-state index in [0.29, 0.717) is 28.8 Å². The Balaban J connectivity index is 1.37. The third-order valence-corrected chi connectivity index (χ3v) is 6.56. The van der Waals surface area contributed by atoms with Crippen LogP contribution in [0.1, 0.15) is 29.6 Å². The number of fused-ring (bicyclic) bond motifs is 5. The zero-order valence-corrected chi connectivity index (χ0v) is 15.7. The van der Waals surface area contributed by atoms with E-state index in [1.54, 1.807) is 24.3 Å². The number of Topliss-reactive ketones (excluding diaryl/α,β-unsaturated/α-hetero) is 1. The summed E-state index contributed by atoms with van der Waals surface area (Å²) in [5.41, 5.74) is 0.728. The zero-order chi connectivity index (χ0) is 20.1. The second-order valence-electron chi connectivity index (χ2n) is 8.08. The molecular weight excluding hydrogens is 373 g/mol. The topological polar surface area (TPSA) is 63.7 Å². The van der Waals surface area contributed by atoms with E-state index >= 15 is 0 Å². The highest BCUT2D eigenvalue weighted by molar-refractivity contribution is 6.23. The summed E-state index contributed by atoms with van der Waals surface area (Å²) in [4.78, 5) is 39.8. The van der Waals surface area contributed by atoms with Gasteiger partial charge < -0.3 is 4.74 Å². The minimum absolute atomic E-state index is 0.145. The molecular formula is C23H20FNO4. The summed E-state index contributed by atoms with van der Waals surface area (Å²) in [6, 6.07) is 12.0. The van der Waals surface area contributed by atoms with Gasteiger partial charge >= 0.3 is 0 Å². The normalized spacial score (nSPS) is 27.4. The molecule has 0 aromatic heterocycles. The van der Waals surface area contributed by atoms with Crippen LogP contribution in [0.2, 0.25) is 0 Å². The number of hydrogen-bond acceptors (Lipinski definition) is 4. The van der Waals surface area contributed by atoms with Gasteiger partial charge in [-0.25, -0.2) is 9.29 Å². The molecule has 4 atom stereocenters. The quantitative estimate of drug-likeness (QED) is 0.575. The molecule has 29 heavy (non-hydrogen) atoms. The van der Waals surface area contributed by atoms with E-state index in [1.807, 2.05) is 0 Å². The summed E-state index contributed by atoms with van der Waals surface area (Å²) in [6.07, 6.45) is 3.01. The van der Waals surface area contributed by atoms with Crippen molar-refractivity contribution in [1.29, 1.82) is 0 Å². The molecule has 3 fully saturated rings. The zero-order valence-electron chi connectivity index (χ0n) is 15.7. The highest BCUT2D eigenvalue weighted by Crippen LogP contribution is 2.57. The van der Waals surface area contributed by atoms with E-state index in [4.69, 9.17) is 4.74 Å². The Morgan fingerprint density at radius 1 is 0.966 bits per heavy atom. The fourth-order valence-corrected chi connectivity index (χ4v) is 5.27. The minimum Gasteiger partial charge on any atom is -0.483 e. The average Bonchev–Trinajstić information content (AvgIpc) is 3.41. The maximum Gasteiger partial charge on any atom is 0.238 e. The molecule has 5 nitrogen and oxygen atoms in total. The van der Waals surface area contributed by atoms with E-state index in [2.05, 4.69) is 0 Å².